The van der Waals surface area contributed by atoms with Crippen LogP contribution in [0.4, 0.5) is 4.39 Å². The Balaban J connectivity index is 1.44. The lowest BCUT2D eigenvalue weighted by molar-refractivity contribution is 0.124. The van der Waals surface area contributed by atoms with Gasteiger partial charge in [-0.3, -0.25) is 4.90 Å². The minimum atomic E-state index is -0.497. The highest BCUT2D eigenvalue weighted by molar-refractivity contribution is 5.80. The van der Waals surface area contributed by atoms with Gasteiger partial charge in [-0.05, 0) is 56.0 Å². The zero-order valence-electron chi connectivity index (χ0n) is 13.0. The summed E-state index contributed by atoms with van der Waals surface area (Å²) in [5.41, 5.74) is 1.38. The summed E-state index contributed by atoms with van der Waals surface area (Å²) in [5, 5.41) is 19.5. The number of nitriles is 1. The van der Waals surface area contributed by atoms with Crippen molar-refractivity contribution >= 4 is 10.9 Å². The maximum atomic E-state index is 13.8. The van der Waals surface area contributed by atoms with Gasteiger partial charge in [0, 0.05) is 23.1 Å². The Bertz CT molecular complexity index is 785. The molecular weight excluding hydrogens is 293 g/mol. The lowest BCUT2D eigenvalue weighted by Gasteiger charge is -2.33. The summed E-state index contributed by atoms with van der Waals surface area (Å²) in [5.74, 6) is -0.192. The Morgan fingerprint density at radius 1 is 1.35 bits per heavy atom. The number of aliphatic hydroxyl groups is 1. The van der Waals surface area contributed by atoms with Crippen molar-refractivity contribution in [1.29, 1.82) is 5.26 Å². The van der Waals surface area contributed by atoms with Crippen molar-refractivity contribution in [1.82, 2.24) is 9.88 Å². The van der Waals surface area contributed by atoms with Gasteiger partial charge in [0.1, 0.15) is 5.82 Å². The summed E-state index contributed by atoms with van der Waals surface area (Å²) in [6.07, 6.45) is 2.74. The lowest BCUT2D eigenvalue weighted by atomic mass is 9.85. The first-order chi connectivity index (χ1) is 11.1. The van der Waals surface area contributed by atoms with Crippen LogP contribution in [0, 0.1) is 28.0 Å². The predicted molar refractivity (Wildman–Crippen MR) is 84.9 cm³/mol. The molecule has 0 radical (unpaired) electrons. The summed E-state index contributed by atoms with van der Waals surface area (Å²) in [4.78, 5) is 5.62. The number of nitrogens with zero attached hydrogens (tertiary/aromatic N) is 2. The molecule has 1 saturated carbocycles. The van der Waals surface area contributed by atoms with Crippen LogP contribution in [-0.4, -0.2) is 34.7 Å². The minimum absolute atomic E-state index is 0.0230. The summed E-state index contributed by atoms with van der Waals surface area (Å²) in [6, 6.07) is 9.31. The molecular formula is C18H20FN3O. The van der Waals surface area contributed by atoms with Crippen LogP contribution in [0.2, 0.25) is 0 Å². The molecule has 2 heterocycles. The Kier molecular flexibility index (Phi) is 3.22. The zero-order valence-corrected chi connectivity index (χ0v) is 13.0. The molecule has 1 aliphatic carbocycles. The highest BCUT2D eigenvalue weighted by Gasteiger charge is 2.67. The van der Waals surface area contributed by atoms with Gasteiger partial charge in [-0.1, -0.05) is 6.07 Å². The molecule has 1 atom stereocenters. The second-order valence-electron chi connectivity index (χ2n) is 7.08. The number of aliphatic hydroxyl groups excluding tert-OH is 1. The van der Waals surface area contributed by atoms with Gasteiger partial charge in [-0.2, -0.15) is 5.26 Å². The maximum absolute atomic E-state index is 13.8. The summed E-state index contributed by atoms with van der Waals surface area (Å²) in [7, 11) is 0. The number of halogens is 1. The fraction of sp³-hybridized carbons (Fsp3) is 0.500. The Labute approximate surface area is 134 Å². The number of H-pyrrole nitrogens is 1. The van der Waals surface area contributed by atoms with Crippen molar-refractivity contribution in [3.8, 4) is 6.07 Å². The number of likely N-dealkylation sites (tertiary alicyclic amines) is 1. The molecule has 1 aromatic heterocycles. The van der Waals surface area contributed by atoms with Crippen LogP contribution >= 0.6 is 0 Å². The smallest absolute Gasteiger partial charge is 0.132 e. The molecule has 2 N–H and O–H groups in total. The van der Waals surface area contributed by atoms with Crippen molar-refractivity contribution in [2.45, 2.75) is 25.8 Å². The fourth-order valence-corrected chi connectivity index (χ4v) is 4.25. The monoisotopic (exact) mass is 313 g/mol. The van der Waals surface area contributed by atoms with E-state index in [0.717, 1.165) is 50.1 Å². The number of fused-ring (bicyclic) bond motifs is 1. The van der Waals surface area contributed by atoms with Gasteiger partial charge in [0.2, 0.25) is 0 Å². The third kappa shape index (κ3) is 2.17. The molecule has 2 aromatic rings. The molecule has 1 unspecified atom stereocenters. The second-order valence-corrected chi connectivity index (χ2v) is 7.08. The van der Waals surface area contributed by atoms with Crippen molar-refractivity contribution in [2.24, 2.45) is 10.8 Å². The molecule has 1 aromatic carbocycles. The average molecular weight is 313 g/mol. The summed E-state index contributed by atoms with van der Waals surface area (Å²) < 4.78 is 13.8. The molecule has 2 aliphatic rings. The van der Waals surface area contributed by atoms with Gasteiger partial charge >= 0.3 is 0 Å². The Hall–Kier alpha value is -1.90. The van der Waals surface area contributed by atoms with E-state index in [9.17, 15) is 14.8 Å². The third-order valence-electron chi connectivity index (χ3n) is 5.89. The Morgan fingerprint density at radius 3 is 2.74 bits per heavy atom. The number of rotatable bonds is 3. The molecule has 4 rings (SSSR count). The van der Waals surface area contributed by atoms with Crippen molar-refractivity contribution < 1.29 is 9.50 Å². The highest BCUT2D eigenvalue weighted by atomic mass is 19.1. The largest absolute Gasteiger partial charge is 0.395 e. The standard InChI is InChI=1S/C18H20FN3O/c19-15-2-1-3-16-14(15)8-13(21-16)9-22-6-4-17(5-7-22)10-18(17,11-20)12-23/h1-3,8,21,23H,4-7,9-10,12H2. The second kappa shape index (κ2) is 5.05. The van der Waals surface area contributed by atoms with Gasteiger partial charge in [-0.15, -0.1) is 0 Å². The van der Waals surface area contributed by atoms with Crippen LogP contribution in [0.25, 0.3) is 10.9 Å². The number of aromatic nitrogens is 1. The number of hydrogen-bond donors (Lipinski definition) is 2. The first-order valence-corrected chi connectivity index (χ1v) is 8.12. The number of nitrogens with one attached hydrogen (secondary N) is 1. The van der Waals surface area contributed by atoms with Crippen molar-refractivity contribution in [3.63, 3.8) is 0 Å². The SMILES string of the molecule is N#CC1(CO)CC12CCN(Cc1cc3c(F)cccc3[nH]1)CC2. The summed E-state index contributed by atoms with van der Waals surface area (Å²) >= 11 is 0. The normalized spacial score (nSPS) is 26.5. The maximum Gasteiger partial charge on any atom is 0.132 e. The quantitative estimate of drug-likeness (QED) is 0.916. The van der Waals surface area contributed by atoms with E-state index in [1.807, 2.05) is 12.1 Å². The highest BCUT2D eigenvalue weighted by Crippen LogP contribution is 2.68. The minimum Gasteiger partial charge on any atom is -0.395 e. The van der Waals surface area contributed by atoms with E-state index in [1.54, 1.807) is 6.07 Å². The third-order valence-corrected chi connectivity index (χ3v) is 5.89. The molecule has 4 nitrogen and oxygen atoms in total. The number of hydrogen-bond acceptors (Lipinski definition) is 3. The van der Waals surface area contributed by atoms with E-state index in [4.69, 9.17) is 0 Å². The molecule has 1 aliphatic heterocycles. The summed E-state index contributed by atoms with van der Waals surface area (Å²) in [6.45, 7) is 2.58. The van der Waals surface area contributed by atoms with E-state index in [0.29, 0.717) is 5.39 Å². The molecule has 0 bridgehead atoms. The molecule has 120 valence electrons. The molecule has 5 heteroatoms. The fourth-order valence-electron chi connectivity index (χ4n) is 4.25. The van der Waals surface area contributed by atoms with Gasteiger partial charge < -0.3 is 10.1 Å². The average Bonchev–Trinajstić information content (AvgIpc) is 2.98. The van der Waals surface area contributed by atoms with Crippen LogP contribution in [0.1, 0.15) is 25.0 Å². The molecule has 0 amide bonds. The van der Waals surface area contributed by atoms with Crippen LogP contribution in [-0.2, 0) is 6.54 Å². The number of piperidine rings is 1. The van der Waals surface area contributed by atoms with E-state index < -0.39 is 5.41 Å². The van der Waals surface area contributed by atoms with E-state index in [-0.39, 0.29) is 17.8 Å². The van der Waals surface area contributed by atoms with E-state index in [2.05, 4.69) is 16.0 Å². The predicted octanol–water partition coefficient (Wildman–Crippen LogP) is 2.80. The topological polar surface area (TPSA) is 63.0 Å². The first kappa shape index (κ1) is 14.7. The van der Waals surface area contributed by atoms with Crippen LogP contribution in [0.5, 0.6) is 0 Å². The van der Waals surface area contributed by atoms with Gasteiger partial charge in [-0.25, -0.2) is 4.39 Å². The lowest BCUT2D eigenvalue weighted by Crippen LogP contribution is -2.36. The molecule has 1 spiro atoms. The van der Waals surface area contributed by atoms with Crippen molar-refractivity contribution in [2.75, 3.05) is 19.7 Å². The van der Waals surface area contributed by atoms with E-state index in [1.165, 1.54) is 6.07 Å². The zero-order chi connectivity index (χ0) is 16.1. The molecule has 2 fully saturated rings. The Morgan fingerprint density at radius 2 is 2.13 bits per heavy atom. The van der Waals surface area contributed by atoms with Gasteiger partial charge in [0.15, 0.2) is 0 Å². The van der Waals surface area contributed by atoms with Gasteiger partial charge in [0.05, 0.1) is 18.1 Å². The molecule has 23 heavy (non-hydrogen) atoms. The van der Waals surface area contributed by atoms with E-state index >= 15 is 0 Å². The van der Waals surface area contributed by atoms with Crippen LogP contribution in [0.3, 0.4) is 0 Å². The van der Waals surface area contributed by atoms with Gasteiger partial charge in [0.25, 0.3) is 0 Å². The van der Waals surface area contributed by atoms with Crippen LogP contribution in [0.15, 0.2) is 24.3 Å². The number of benzene rings is 1. The van der Waals surface area contributed by atoms with Crippen molar-refractivity contribution in [3.05, 3.63) is 35.8 Å². The van der Waals surface area contributed by atoms with Crippen LogP contribution < -0.4 is 0 Å². The first-order valence-electron chi connectivity index (χ1n) is 8.12. The number of aromatic amines is 1. The molecule has 1 saturated heterocycles.